The van der Waals surface area contributed by atoms with Gasteiger partial charge in [-0.05, 0) is 23.3 Å². The number of hydroxylamine groups is 2. The monoisotopic (exact) mass is 338 g/mol. The maximum atomic E-state index is 12.1. The summed E-state index contributed by atoms with van der Waals surface area (Å²) in [6.07, 6.45) is 0. The van der Waals surface area contributed by atoms with Gasteiger partial charge in [0.15, 0.2) is 0 Å². The predicted molar refractivity (Wildman–Crippen MR) is 86.3 cm³/mol. The number of nitriles is 1. The molecule has 2 rings (SSSR count). The molecule has 2 amide bonds. The van der Waals surface area contributed by atoms with Crippen LogP contribution in [0.2, 0.25) is 0 Å². The van der Waals surface area contributed by atoms with Crippen molar-refractivity contribution in [1.29, 1.82) is 5.26 Å². The topological polar surface area (TPSA) is 105 Å². The van der Waals surface area contributed by atoms with Crippen molar-refractivity contribution >= 4 is 12.0 Å². The summed E-state index contributed by atoms with van der Waals surface area (Å²) in [5.74, 6) is -1.39. The zero-order chi connectivity index (χ0) is 18.1. The van der Waals surface area contributed by atoms with Crippen molar-refractivity contribution in [3.05, 3.63) is 71.3 Å². The van der Waals surface area contributed by atoms with Crippen molar-refractivity contribution in [1.82, 2.24) is 10.4 Å². The van der Waals surface area contributed by atoms with Crippen LogP contribution in [0.15, 0.2) is 54.6 Å². The summed E-state index contributed by atoms with van der Waals surface area (Å²) in [6.45, 7) is -0.370. The molecular weight excluding hydrogens is 322 g/mol. The molecule has 0 unspecified atom stereocenters. The van der Waals surface area contributed by atoms with Gasteiger partial charge in [-0.1, -0.05) is 42.5 Å². The first-order valence-electron chi connectivity index (χ1n) is 7.49. The molecule has 0 saturated carbocycles. The van der Waals surface area contributed by atoms with Gasteiger partial charge < -0.3 is 15.2 Å². The summed E-state index contributed by atoms with van der Waals surface area (Å²) >= 11 is 0. The van der Waals surface area contributed by atoms with E-state index in [4.69, 9.17) is 10.1 Å². The number of urea groups is 1. The number of carbonyl (C=O) groups excluding carboxylic acids is 2. The van der Waals surface area contributed by atoms with E-state index in [0.29, 0.717) is 5.56 Å². The van der Waals surface area contributed by atoms with Gasteiger partial charge in [0, 0.05) is 0 Å². The fourth-order valence-corrected chi connectivity index (χ4v) is 1.99. The molecule has 0 aliphatic carbocycles. The molecular formula is C18H16N3O4-. The van der Waals surface area contributed by atoms with Crippen LogP contribution >= 0.6 is 0 Å². The van der Waals surface area contributed by atoms with Crippen LogP contribution in [-0.4, -0.2) is 23.6 Å². The first kappa shape index (κ1) is 18.0. The summed E-state index contributed by atoms with van der Waals surface area (Å²) in [5, 5.41) is 22.6. The number of nitrogens with one attached hydrogen (secondary N) is 1. The van der Waals surface area contributed by atoms with Gasteiger partial charge >= 0.3 is 6.03 Å². The first-order valence-corrected chi connectivity index (χ1v) is 7.49. The van der Waals surface area contributed by atoms with Crippen LogP contribution in [0.3, 0.4) is 0 Å². The Morgan fingerprint density at radius 2 is 1.76 bits per heavy atom. The van der Waals surface area contributed by atoms with Crippen LogP contribution < -0.4 is 10.4 Å². The average Bonchev–Trinajstić information content (AvgIpc) is 2.64. The number of hydrogen-bond acceptors (Lipinski definition) is 5. The third-order valence-electron chi connectivity index (χ3n) is 3.25. The van der Waals surface area contributed by atoms with Crippen LogP contribution in [0.25, 0.3) is 0 Å². The number of hydrogen-bond donors (Lipinski definition) is 1. The highest BCUT2D eigenvalue weighted by Gasteiger charge is 2.15. The molecule has 2 aromatic carbocycles. The van der Waals surface area contributed by atoms with Crippen molar-refractivity contribution in [3.63, 3.8) is 0 Å². The normalized spacial score (nSPS) is 9.88. The average molecular weight is 338 g/mol. The zero-order valence-corrected chi connectivity index (χ0v) is 13.3. The standard InChI is InChI=1S/C18H17N3O4/c19-10-14-6-8-15(9-7-14)12-21(18(24)20-11-17(22)23)25-13-16-4-2-1-3-5-16/h1-9H,11-13H2,(H,20,24)(H,22,23)/p-1. The molecule has 25 heavy (non-hydrogen) atoms. The number of aliphatic carboxylic acids is 1. The van der Waals surface area contributed by atoms with Gasteiger partial charge in [-0.25, -0.2) is 4.79 Å². The van der Waals surface area contributed by atoms with E-state index in [1.807, 2.05) is 36.4 Å². The Morgan fingerprint density at radius 3 is 2.36 bits per heavy atom. The van der Waals surface area contributed by atoms with Gasteiger partial charge in [0.05, 0.1) is 30.7 Å². The first-order chi connectivity index (χ1) is 12.1. The molecule has 0 fully saturated rings. The minimum Gasteiger partial charge on any atom is -0.548 e. The van der Waals surface area contributed by atoms with Crippen LogP contribution in [0, 0.1) is 11.3 Å². The molecule has 2 aromatic rings. The van der Waals surface area contributed by atoms with E-state index in [-0.39, 0.29) is 13.2 Å². The lowest BCUT2D eigenvalue weighted by atomic mass is 10.1. The molecule has 0 atom stereocenters. The number of nitrogens with zero attached hydrogens (tertiary/aromatic N) is 2. The number of benzene rings is 2. The Morgan fingerprint density at radius 1 is 1.08 bits per heavy atom. The summed E-state index contributed by atoms with van der Waals surface area (Å²) in [6, 6.07) is 17.2. The molecule has 0 heterocycles. The van der Waals surface area contributed by atoms with Crippen molar-refractivity contribution in [2.24, 2.45) is 0 Å². The summed E-state index contributed by atoms with van der Waals surface area (Å²) in [5.41, 5.74) is 2.09. The third-order valence-corrected chi connectivity index (χ3v) is 3.25. The number of carboxylic acids is 1. The van der Waals surface area contributed by atoms with E-state index in [9.17, 15) is 14.7 Å². The van der Waals surface area contributed by atoms with Gasteiger partial charge in [0.2, 0.25) is 0 Å². The van der Waals surface area contributed by atoms with Crippen LogP contribution in [0.5, 0.6) is 0 Å². The minimum atomic E-state index is -1.39. The highest BCUT2D eigenvalue weighted by molar-refractivity contribution is 5.78. The molecule has 0 aromatic heterocycles. The van der Waals surface area contributed by atoms with Crippen molar-refractivity contribution < 1.29 is 19.5 Å². The number of amides is 2. The smallest absolute Gasteiger partial charge is 0.341 e. The maximum Gasteiger partial charge on any atom is 0.341 e. The molecule has 0 aliphatic heterocycles. The quantitative estimate of drug-likeness (QED) is 0.757. The van der Waals surface area contributed by atoms with Gasteiger partial charge in [0.25, 0.3) is 0 Å². The highest BCUT2D eigenvalue weighted by atomic mass is 16.7. The van der Waals surface area contributed by atoms with Crippen molar-refractivity contribution in [2.75, 3.05) is 6.54 Å². The summed E-state index contributed by atoms with van der Waals surface area (Å²) < 4.78 is 0. The maximum absolute atomic E-state index is 12.1. The van der Waals surface area contributed by atoms with E-state index in [1.165, 1.54) is 0 Å². The van der Waals surface area contributed by atoms with Crippen molar-refractivity contribution in [2.45, 2.75) is 13.2 Å². The molecule has 0 radical (unpaired) electrons. The van der Waals surface area contributed by atoms with E-state index in [1.54, 1.807) is 24.3 Å². The Hall–Kier alpha value is -3.37. The lowest BCUT2D eigenvalue weighted by Crippen LogP contribution is -2.44. The molecule has 0 spiro atoms. The van der Waals surface area contributed by atoms with E-state index in [0.717, 1.165) is 16.2 Å². The van der Waals surface area contributed by atoms with Gasteiger partial charge in [0.1, 0.15) is 6.61 Å². The molecule has 1 N–H and O–H groups in total. The summed E-state index contributed by atoms with van der Waals surface area (Å²) in [4.78, 5) is 28.2. The lowest BCUT2D eigenvalue weighted by molar-refractivity contribution is -0.303. The molecule has 0 bridgehead atoms. The largest absolute Gasteiger partial charge is 0.548 e. The predicted octanol–water partition coefficient (Wildman–Crippen LogP) is 0.952. The van der Waals surface area contributed by atoms with Crippen LogP contribution in [0.1, 0.15) is 16.7 Å². The second-order valence-electron chi connectivity index (χ2n) is 5.14. The fraction of sp³-hybridized carbons (Fsp3) is 0.167. The second kappa shape index (κ2) is 9.05. The Bertz CT molecular complexity index is 754. The van der Waals surface area contributed by atoms with E-state index < -0.39 is 18.5 Å². The Balaban J connectivity index is 2.05. The number of carbonyl (C=O) groups is 2. The van der Waals surface area contributed by atoms with Gasteiger partial charge in [-0.3, -0.25) is 4.84 Å². The van der Waals surface area contributed by atoms with Gasteiger partial charge in [-0.2, -0.15) is 10.3 Å². The fourth-order valence-electron chi connectivity index (χ4n) is 1.99. The molecule has 7 heteroatoms. The Kier molecular flexibility index (Phi) is 6.51. The minimum absolute atomic E-state index is 0.0947. The van der Waals surface area contributed by atoms with E-state index >= 15 is 0 Å². The molecule has 0 aliphatic rings. The number of carboxylic acid groups (broad SMARTS) is 1. The molecule has 0 saturated heterocycles. The highest BCUT2D eigenvalue weighted by Crippen LogP contribution is 2.10. The second-order valence-corrected chi connectivity index (χ2v) is 5.14. The third kappa shape index (κ3) is 5.97. The Labute approximate surface area is 145 Å². The van der Waals surface area contributed by atoms with Crippen LogP contribution in [-0.2, 0) is 22.8 Å². The SMILES string of the molecule is N#Cc1ccc(CN(OCc2ccccc2)C(=O)NCC(=O)[O-])cc1. The summed E-state index contributed by atoms with van der Waals surface area (Å²) in [7, 11) is 0. The molecule has 128 valence electrons. The van der Waals surface area contributed by atoms with E-state index in [2.05, 4.69) is 5.32 Å². The lowest BCUT2D eigenvalue weighted by Gasteiger charge is -2.22. The molecule has 7 nitrogen and oxygen atoms in total. The van der Waals surface area contributed by atoms with Crippen LogP contribution in [0.4, 0.5) is 4.79 Å². The number of rotatable bonds is 7. The zero-order valence-electron chi connectivity index (χ0n) is 13.3. The van der Waals surface area contributed by atoms with Crippen molar-refractivity contribution in [3.8, 4) is 6.07 Å². The van der Waals surface area contributed by atoms with Gasteiger partial charge in [-0.15, -0.1) is 0 Å².